The van der Waals surface area contributed by atoms with E-state index in [1.165, 1.54) is 0 Å². The van der Waals surface area contributed by atoms with E-state index in [0.29, 0.717) is 12.2 Å². The lowest BCUT2D eigenvalue weighted by atomic mass is 10.2. The van der Waals surface area contributed by atoms with Crippen LogP contribution in [0.5, 0.6) is 0 Å². The molecule has 1 amide bonds. The van der Waals surface area contributed by atoms with E-state index in [2.05, 4.69) is 10.3 Å². The van der Waals surface area contributed by atoms with E-state index in [1.807, 2.05) is 18.2 Å². The largest absolute Gasteiger partial charge is 0.347 e. The Morgan fingerprint density at radius 1 is 1.14 bits per heavy atom. The first kappa shape index (κ1) is 14.1. The van der Waals surface area contributed by atoms with Crippen molar-refractivity contribution in [1.82, 2.24) is 19.4 Å². The Bertz CT molecular complexity index is 894. The van der Waals surface area contributed by atoms with Gasteiger partial charge in [0.25, 0.3) is 5.91 Å². The Labute approximate surface area is 127 Å². The highest BCUT2D eigenvalue weighted by molar-refractivity contribution is 5.92. The van der Waals surface area contributed by atoms with Gasteiger partial charge in [0, 0.05) is 26.8 Å². The average molecular weight is 296 g/mol. The van der Waals surface area contributed by atoms with E-state index >= 15 is 0 Å². The van der Waals surface area contributed by atoms with Gasteiger partial charge in [-0.1, -0.05) is 12.1 Å². The van der Waals surface area contributed by atoms with Crippen molar-refractivity contribution in [3.05, 3.63) is 64.3 Å². The lowest BCUT2D eigenvalue weighted by Crippen LogP contribution is -2.23. The smallest absolute Gasteiger partial charge is 0.328 e. The SMILES string of the molecule is Cn1c(=O)n(C)c2cc(CNC(=O)c3ccccn3)ccc21. The van der Waals surface area contributed by atoms with Crippen molar-refractivity contribution >= 4 is 16.9 Å². The minimum atomic E-state index is -0.220. The summed E-state index contributed by atoms with van der Waals surface area (Å²) in [7, 11) is 3.48. The molecule has 0 aliphatic rings. The van der Waals surface area contributed by atoms with Crippen LogP contribution in [0.2, 0.25) is 0 Å². The highest BCUT2D eigenvalue weighted by Gasteiger charge is 2.09. The van der Waals surface area contributed by atoms with Crippen molar-refractivity contribution in [3.8, 4) is 0 Å². The van der Waals surface area contributed by atoms with Gasteiger partial charge in [-0.2, -0.15) is 0 Å². The van der Waals surface area contributed by atoms with Crippen molar-refractivity contribution in [2.45, 2.75) is 6.54 Å². The van der Waals surface area contributed by atoms with Crippen molar-refractivity contribution in [3.63, 3.8) is 0 Å². The maximum absolute atomic E-state index is 12.0. The maximum atomic E-state index is 12.0. The fourth-order valence-electron chi connectivity index (χ4n) is 2.43. The predicted octanol–water partition coefficient (Wildman–Crippen LogP) is 1.20. The summed E-state index contributed by atoms with van der Waals surface area (Å²) in [6.45, 7) is 0.383. The summed E-state index contributed by atoms with van der Waals surface area (Å²) in [4.78, 5) is 27.9. The molecule has 0 aliphatic carbocycles. The molecule has 0 fully saturated rings. The summed E-state index contributed by atoms with van der Waals surface area (Å²) in [6, 6.07) is 10.9. The number of nitrogens with one attached hydrogen (secondary N) is 1. The van der Waals surface area contributed by atoms with Crippen LogP contribution >= 0.6 is 0 Å². The molecule has 0 saturated heterocycles. The molecule has 0 unspecified atom stereocenters. The lowest BCUT2D eigenvalue weighted by molar-refractivity contribution is 0.0946. The van der Waals surface area contributed by atoms with Gasteiger partial charge in [-0.05, 0) is 29.8 Å². The molecule has 0 spiro atoms. The highest BCUT2D eigenvalue weighted by atomic mass is 16.2. The number of aromatic nitrogens is 3. The number of carbonyl (C=O) groups excluding carboxylic acids is 1. The second kappa shape index (κ2) is 5.48. The van der Waals surface area contributed by atoms with Gasteiger partial charge in [0.1, 0.15) is 5.69 Å². The van der Waals surface area contributed by atoms with Crippen molar-refractivity contribution < 1.29 is 4.79 Å². The van der Waals surface area contributed by atoms with Gasteiger partial charge in [0.2, 0.25) is 0 Å². The van der Waals surface area contributed by atoms with Crippen LogP contribution in [-0.2, 0) is 20.6 Å². The third-order valence-corrected chi connectivity index (χ3v) is 3.69. The molecular formula is C16H16N4O2. The first-order valence-corrected chi connectivity index (χ1v) is 6.91. The third kappa shape index (κ3) is 2.39. The number of pyridine rings is 1. The van der Waals surface area contributed by atoms with Gasteiger partial charge >= 0.3 is 5.69 Å². The van der Waals surface area contributed by atoms with Crippen LogP contribution in [-0.4, -0.2) is 20.0 Å². The molecule has 6 nitrogen and oxygen atoms in total. The van der Waals surface area contributed by atoms with E-state index in [1.54, 1.807) is 47.6 Å². The zero-order valence-electron chi connectivity index (χ0n) is 12.4. The summed E-state index contributed by atoms with van der Waals surface area (Å²) in [6.07, 6.45) is 1.58. The number of carbonyl (C=O) groups is 1. The lowest BCUT2D eigenvalue weighted by Gasteiger charge is -2.05. The Morgan fingerprint density at radius 2 is 1.91 bits per heavy atom. The number of benzene rings is 1. The van der Waals surface area contributed by atoms with E-state index < -0.39 is 0 Å². The minimum Gasteiger partial charge on any atom is -0.347 e. The molecule has 2 heterocycles. The Hall–Kier alpha value is -2.89. The van der Waals surface area contributed by atoms with E-state index in [-0.39, 0.29) is 11.6 Å². The van der Waals surface area contributed by atoms with Crippen molar-refractivity contribution in [1.29, 1.82) is 0 Å². The number of amides is 1. The van der Waals surface area contributed by atoms with Gasteiger partial charge in [-0.25, -0.2) is 4.79 Å². The van der Waals surface area contributed by atoms with Gasteiger partial charge < -0.3 is 5.32 Å². The summed E-state index contributed by atoms with van der Waals surface area (Å²) in [5.74, 6) is -0.220. The molecule has 3 rings (SSSR count). The number of nitrogens with zero attached hydrogens (tertiary/aromatic N) is 3. The third-order valence-electron chi connectivity index (χ3n) is 3.69. The molecular weight excluding hydrogens is 280 g/mol. The molecule has 22 heavy (non-hydrogen) atoms. The standard InChI is InChI=1S/C16H16N4O2/c1-19-13-7-6-11(9-14(13)20(2)16(19)22)10-18-15(21)12-5-3-4-8-17-12/h3-9H,10H2,1-2H3,(H,18,21). The molecule has 0 bridgehead atoms. The molecule has 2 aromatic heterocycles. The number of rotatable bonds is 3. The second-order valence-corrected chi connectivity index (χ2v) is 5.12. The molecule has 0 atom stereocenters. The molecule has 3 aromatic rings. The minimum absolute atomic E-state index is 0.0651. The number of fused-ring (bicyclic) bond motifs is 1. The molecule has 6 heteroatoms. The van der Waals surface area contributed by atoms with Crippen LogP contribution in [0.1, 0.15) is 16.1 Å². The van der Waals surface area contributed by atoms with Gasteiger partial charge in [-0.3, -0.25) is 18.9 Å². The van der Waals surface area contributed by atoms with Crippen LogP contribution in [0, 0.1) is 0 Å². The Balaban J connectivity index is 1.82. The Kier molecular flexibility index (Phi) is 3.50. The van der Waals surface area contributed by atoms with Crippen molar-refractivity contribution in [2.75, 3.05) is 0 Å². The molecule has 112 valence electrons. The summed E-state index contributed by atoms with van der Waals surface area (Å²) < 4.78 is 3.20. The van der Waals surface area contributed by atoms with Gasteiger partial charge in [-0.15, -0.1) is 0 Å². The highest BCUT2D eigenvalue weighted by Crippen LogP contribution is 2.14. The topological polar surface area (TPSA) is 68.9 Å². The van der Waals surface area contributed by atoms with E-state index in [4.69, 9.17) is 0 Å². The van der Waals surface area contributed by atoms with Crippen LogP contribution < -0.4 is 11.0 Å². The number of aryl methyl sites for hydroxylation is 2. The molecule has 0 radical (unpaired) electrons. The maximum Gasteiger partial charge on any atom is 0.328 e. The zero-order valence-corrected chi connectivity index (χ0v) is 12.4. The zero-order chi connectivity index (χ0) is 15.7. The van der Waals surface area contributed by atoms with E-state index in [0.717, 1.165) is 16.6 Å². The van der Waals surface area contributed by atoms with Gasteiger partial charge in [0.05, 0.1) is 11.0 Å². The van der Waals surface area contributed by atoms with Crippen LogP contribution in [0.4, 0.5) is 0 Å². The van der Waals surface area contributed by atoms with Crippen molar-refractivity contribution in [2.24, 2.45) is 14.1 Å². The molecule has 0 aliphatic heterocycles. The molecule has 0 saturated carbocycles. The normalized spacial score (nSPS) is 10.8. The average Bonchev–Trinajstić information content (AvgIpc) is 2.78. The first-order chi connectivity index (χ1) is 10.6. The summed E-state index contributed by atoms with van der Waals surface area (Å²) in [5.41, 5.74) is 2.96. The summed E-state index contributed by atoms with van der Waals surface area (Å²) in [5, 5.41) is 2.83. The first-order valence-electron chi connectivity index (χ1n) is 6.91. The summed E-state index contributed by atoms with van der Waals surface area (Å²) >= 11 is 0. The number of hydrogen-bond acceptors (Lipinski definition) is 3. The fourth-order valence-corrected chi connectivity index (χ4v) is 2.43. The molecule has 1 aromatic carbocycles. The fraction of sp³-hybridized carbons (Fsp3) is 0.188. The van der Waals surface area contributed by atoms with Crippen LogP contribution in [0.15, 0.2) is 47.4 Å². The Morgan fingerprint density at radius 3 is 2.64 bits per heavy atom. The second-order valence-electron chi connectivity index (χ2n) is 5.12. The monoisotopic (exact) mass is 296 g/mol. The molecule has 1 N–H and O–H groups in total. The van der Waals surface area contributed by atoms with Gasteiger partial charge in [0.15, 0.2) is 0 Å². The number of imidazole rings is 1. The quantitative estimate of drug-likeness (QED) is 0.789. The van der Waals surface area contributed by atoms with Crippen LogP contribution in [0.25, 0.3) is 11.0 Å². The van der Waals surface area contributed by atoms with Crippen LogP contribution in [0.3, 0.4) is 0 Å². The number of hydrogen-bond donors (Lipinski definition) is 1. The van der Waals surface area contributed by atoms with E-state index in [9.17, 15) is 9.59 Å². The predicted molar refractivity (Wildman–Crippen MR) is 83.6 cm³/mol.